The van der Waals surface area contributed by atoms with Gasteiger partial charge < -0.3 is 11.3 Å². The van der Waals surface area contributed by atoms with E-state index in [2.05, 4.69) is 4.79 Å². The third kappa shape index (κ3) is 1.14. The van der Waals surface area contributed by atoms with Crippen molar-refractivity contribution in [2.75, 3.05) is 0 Å². The minimum atomic E-state index is 0.120. The summed E-state index contributed by atoms with van der Waals surface area (Å²) in [4.78, 5) is 3.09. The van der Waals surface area contributed by atoms with Crippen molar-refractivity contribution < 1.29 is 4.79 Å². The first-order chi connectivity index (χ1) is 4.74. The van der Waals surface area contributed by atoms with E-state index < -0.39 is 0 Å². The van der Waals surface area contributed by atoms with Crippen LogP contribution in [0.2, 0.25) is 0 Å². The molecule has 2 N–H and O–H groups in total. The Labute approximate surface area is 59.5 Å². The third-order valence-corrected chi connectivity index (χ3v) is 1.47. The highest BCUT2D eigenvalue weighted by Gasteiger charge is 2.15. The van der Waals surface area contributed by atoms with Crippen LogP contribution < -0.4 is 5.73 Å². The first-order valence-corrected chi connectivity index (χ1v) is 3.11. The van der Waals surface area contributed by atoms with Gasteiger partial charge in [-0.3, -0.25) is 0 Å². The van der Waals surface area contributed by atoms with Gasteiger partial charge in [-0.2, -0.15) is 4.79 Å². The Morgan fingerprint density at radius 1 is 1.60 bits per heavy atom. The summed E-state index contributed by atoms with van der Waals surface area (Å²) in [5, 5.41) is 0. The maximum atomic E-state index is 8.41. The zero-order valence-electron chi connectivity index (χ0n) is 5.78. The molecule has 0 fully saturated rings. The molecule has 0 aromatic carbocycles. The van der Waals surface area contributed by atoms with Gasteiger partial charge in [-0.25, -0.2) is 0 Å². The molecule has 10 heavy (non-hydrogen) atoms. The van der Waals surface area contributed by atoms with Gasteiger partial charge in [0, 0.05) is 11.8 Å². The number of hydrogen-bond donors (Lipinski definition) is 1. The molecule has 3 heteroatoms. The SMILES string of the molecule is CC1C=C(N)C=CC1=[N+]=[N-]. The van der Waals surface area contributed by atoms with Crippen LogP contribution in [0.3, 0.4) is 0 Å². The molecule has 1 aliphatic carbocycles. The average Bonchev–Trinajstić information content (AvgIpc) is 1.88. The average molecular weight is 135 g/mol. The van der Waals surface area contributed by atoms with Crippen LogP contribution >= 0.6 is 0 Å². The number of nitrogens with two attached hydrogens (primary N) is 1. The first kappa shape index (κ1) is 6.78. The Morgan fingerprint density at radius 3 is 2.80 bits per heavy atom. The lowest BCUT2D eigenvalue weighted by atomic mass is 9.99. The summed E-state index contributed by atoms with van der Waals surface area (Å²) in [6, 6.07) is 0. The highest BCUT2D eigenvalue weighted by atomic mass is 14.9. The van der Waals surface area contributed by atoms with Crippen LogP contribution in [-0.4, -0.2) is 10.5 Å². The third-order valence-electron chi connectivity index (χ3n) is 1.47. The Balaban J connectivity index is 2.95. The van der Waals surface area contributed by atoms with Gasteiger partial charge in [0.2, 0.25) is 0 Å². The summed E-state index contributed by atoms with van der Waals surface area (Å²) >= 11 is 0. The summed E-state index contributed by atoms with van der Waals surface area (Å²) in [5.41, 5.74) is 15.3. The summed E-state index contributed by atoms with van der Waals surface area (Å²) in [6.45, 7) is 1.92. The van der Waals surface area contributed by atoms with Crippen molar-refractivity contribution in [1.82, 2.24) is 0 Å². The molecule has 0 saturated carbocycles. The van der Waals surface area contributed by atoms with Crippen LogP contribution in [0.1, 0.15) is 6.92 Å². The van der Waals surface area contributed by atoms with Gasteiger partial charge in [-0.1, -0.05) is 0 Å². The molecule has 1 unspecified atom stereocenters. The molecule has 0 spiro atoms. The highest BCUT2D eigenvalue weighted by Crippen LogP contribution is 2.08. The number of rotatable bonds is 0. The molecule has 0 aromatic rings. The van der Waals surface area contributed by atoms with E-state index in [1.54, 1.807) is 12.2 Å². The van der Waals surface area contributed by atoms with Crippen molar-refractivity contribution in [3.05, 3.63) is 29.5 Å². The van der Waals surface area contributed by atoms with Crippen molar-refractivity contribution in [2.24, 2.45) is 11.7 Å². The van der Waals surface area contributed by atoms with Crippen molar-refractivity contribution in [3.8, 4) is 0 Å². The summed E-state index contributed by atoms with van der Waals surface area (Å²) < 4.78 is 0. The second kappa shape index (κ2) is 2.50. The Kier molecular flexibility index (Phi) is 1.69. The highest BCUT2D eigenvalue weighted by molar-refractivity contribution is 5.94. The molecule has 0 radical (unpaired) electrons. The maximum Gasteiger partial charge on any atom is 0.298 e. The quantitative estimate of drug-likeness (QED) is 0.386. The van der Waals surface area contributed by atoms with Crippen molar-refractivity contribution >= 4 is 5.71 Å². The maximum absolute atomic E-state index is 8.41. The lowest BCUT2D eigenvalue weighted by Crippen LogP contribution is -2.13. The van der Waals surface area contributed by atoms with E-state index in [0.29, 0.717) is 5.71 Å². The second-order valence-corrected chi connectivity index (χ2v) is 2.31. The van der Waals surface area contributed by atoms with Gasteiger partial charge in [-0.05, 0) is 19.1 Å². The molecule has 1 rings (SSSR count). The van der Waals surface area contributed by atoms with Gasteiger partial charge in [0.1, 0.15) is 0 Å². The normalized spacial score (nSPS) is 23.9. The van der Waals surface area contributed by atoms with Gasteiger partial charge in [-0.15, -0.1) is 0 Å². The van der Waals surface area contributed by atoms with Crippen molar-refractivity contribution in [2.45, 2.75) is 6.92 Å². The zero-order valence-corrected chi connectivity index (χ0v) is 5.78. The second-order valence-electron chi connectivity index (χ2n) is 2.31. The van der Waals surface area contributed by atoms with Gasteiger partial charge in [0.15, 0.2) is 0 Å². The van der Waals surface area contributed by atoms with Crippen LogP contribution in [0, 0.1) is 5.92 Å². The first-order valence-electron chi connectivity index (χ1n) is 3.11. The number of hydrogen-bond acceptors (Lipinski definition) is 1. The zero-order chi connectivity index (χ0) is 7.56. The summed E-state index contributed by atoms with van der Waals surface area (Å²) in [7, 11) is 0. The van der Waals surface area contributed by atoms with Crippen LogP contribution in [0.15, 0.2) is 23.9 Å². The molecule has 52 valence electrons. The Bertz CT molecular complexity index is 244. The Morgan fingerprint density at radius 2 is 2.30 bits per heavy atom. The fourth-order valence-corrected chi connectivity index (χ4v) is 0.887. The van der Waals surface area contributed by atoms with E-state index in [-0.39, 0.29) is 5.92 Å². The van der Waals surface area contributed by atoms with Crippen LogP contribution in [-0.2, 0) is 0 Å². The van der Waals surface area contributed by atoms with E-state index >= 15 is 0 Å². The van der Waals surface area contributed by atoms with E-state index in [1.807, 2.05) is 13.0 Å². The minimum absolute atomic E-state index is 0.120. The van der Waals surface area contributed by atoms with E-state index in [4.69, 9.17) is 11.3 Å². The lowest BCUT2D eigenvalue weighted by molar-refractivity contribution is -0.00863. The van der Waals surface area contributed by atoms with Crippen LogP contribution in [0.25, 0.3) is 5.53 Å². The predicted molar refractivity (Wildman–Crippen MR) is 39.2 cm³/mol. The van der Waals surface area contributed by atoms with Crippen molar-refractivity contribution in [1.29, 1.82) is 0 Å². The molecule has 0 heterocycles. The van der Waals surface area contributed by atoms with Gasteiger partial charge >= 0.3 is 0 Å². The number of allylic oxidation sites excluding steroid dienone is 3. The summed E-state index contributed by atoms with van der Waals surface area (Å²) in [6.07, 6.45) is 5.27. The number of nitrogens with zero attached hydrogens (tertiary/aromatic N) is 2. The van der Waals surface area contributed by atoms with E-state index in [9.17, 15) is 0 Å². The standard InChI is InChI=1S/C7H9N3/c1-5-4-6(8)2-3-7(5)10-9/h2-5H,8H2,1H3. The monoisotopic (exact) mass is 135 g/mol. The van der Waals surface area contributed by atoms with Crippen LogP contribution in [0.5, 0.6) is 0 Å². The summed E-state index contributed by atoms with van der Waals surface area (Å²) in [5.74, 6) is 0.120. The Hall–Kier alpha value is -1.34. The van der Waals surface area contributed by atoms with E-state index in [1.165, 1.54) is 0 Å². The van der Waals surface area contributed by atoms with Gasteiger partial charge in [0.25, 0.3) is 5.71 Å². The van der Waals surface area contributed by atoms with Crippen molar-refractivity contribution in [3.63, 3.8) is 0 Å². The molecule has 1 atom stereocenters. The molecular weight excluding hydrogens is 126 g/mol. The largest absolute Gasteiger partial charge is 0.399 e. The molecule has 0 bridgehead atoms. The topological polar surface area (TPSA) is 62.4 Å². The molecule has 0 saturated heterocycles. The minimum Gasteiger partial charge on any atom is -0.399 e. The smallest absolute Gasteiger partial charge is 0.298 e. The van der Waals surface area contributed by atoms with Crippen LogP contribution in [0.4, 0.5) is 0 Å². The lowest BCUT2D eigenvalue weighted by Gasteiger charge is -2.03. The molecular formula is C7H9N3. The molecule has 0 amide bonds. The van der Waals surface area contributed by atoms with E-state index in [0.717, 1.165) is 5.70 Å². The van der Waals surface area contributed by atoms with Gasteiger partial charge in [0.05, 0.1) is 5.92 Å². The fraction of sp³-hybridized carbons (Fsp3) is 0.286. The molecule has 1 aliphatic rings. The molecule has 3 nitrogen and oxygen atoms in total. The molecule has 0 aromatic heterocycles. The predicted octanol–water partition coefficient (Wildman–Crippen LogP) is 0.706. The molecule has 0 aliphatic heterocycles. The fourth-order valence-electron chi connectivity index (χ4n) is 0.887.